The third-order valence-electron chi connectivity index (χ3n) is 3.34. The second kappa shape index (κ2) is 7.97. The molecule has 23 heavy (non-hydrogen) atoms. The second-order valence-corrected chi connectivity index (χ2v) is 6.33. The van der Waals surface area contributed by atoms with Gasteiger partial charge in [0.05, 0.1) is 24.9 Å². The molecule has 0 atom stereocenters. The van der Waals surface area contributed by atoms with E-state index in [-0.39, 0.29) is 5.91 Å². The highest BCUT2D eigenvalue weighted by molar-refractivity contribution is 7.09. The number of rotatable bonds is 7. The van der Waals surface area contributed by atoms with E-state index < -0.39 is 0 Å². The summed E-state index contributed by atoms with van der Waals surface area (Å²) in [6, 6.07) is 5.12. The van der Waals surface area contributed by atoms with Crippen molar-refractivity contribution in [1.29, 1.82) is 0 Å². The molecule has 124 valence electrons. The maximum atomic E-state index is 12.2. The first kappa shape index (κ1) is 17.3. The molecular weight excluding hydrogens is 312 g/mol. The second-order valence-electron chi connectivity index (χ2n) is 5.44. The predicted octanol–water partition coefficient (Wildman–Crippen LogP) is 3.26. The van der Waals surface area contributed by atoms with Crippen LogP contribution in [0.4, 0.5) is 0 Å². The summed E-state index contributed by atoms with van der Waals surface area (Å²) in [7, 11) is 3.12. The summed E-state index contributed by atoms with van der Waals surface area (Å²) in [4.78, 5) is 16.8. The minimum atomic E-state index is -0.151. The van der Waals surface area contributed by atoms with Gasteiger partial charge in [-0.25, -0.2) is 4.98 Å². The van der Waals surface area contributed by atoms with Gasteiger partial charge in [0.25, 0.3) is 5.91 Å². The van der Waals surface area contributed by atoms with Gasteiger partial charge in [-0.2, -0.15) is 0 Å². The van der Waals surface area contributed by atoms with Gasteiger partial charge >= 0.3 is 0 Å². The summed E-state index contributed by atoms with van der Waals surface area (Å²) in [5.41, 5.74) is 1.53. The van der Waals surface area contributed by atoms with E-state index >= 15 is 0 Å². The Morgan fingerprint density at radius 1 is 1.22 bits per heavy atom. The van der Waals surface area contributed by atoms with Gasteiger partial charge in [0.1, 0.15) is 11.5 Å². The van der Waals surface area contributed by atoms with Crippen molar-refractivity contribution in [1.82, 2.24) is 10.3 Å². The van der Waals surface area contributed by atoms with Crippen LogP contribution in [0.3, 0.4) is 0 Å². The lowest BCUT2D eigenvalue weighted by atomic mass is 10.2. The van der Waals surface area contributed by atoms with E-state index in [0.717, 1.165) is 17.1 Å². The standard InChI is InChI=1S/C17H22N2O3S/c1-11(2)17-19-13(10-23-17)5-6-18-16(20)12-7-14(21-3)9-15(8-12)22-4/h7-11H,5-6H2,1-4H3,(H,18,20). The third kappa shape index (κ3) is 4.69. The van der Waals surface area contributed by atoms with Gasteiger partial charge < -0.3 is 14.8 Å². The number of methoxy groups -OCH3 is 2. The molecule has 0 spiro atoms. The molecule has 0 radical (unpaired) electrons. The fourth-order valence-corrected chi connectivity index (χ4v) is 2.92. The molecule has 0 aliphatic rings. The first-order valence-corrected chi connectivity index (χ1v) is 8.37. The Kier molecular flexibility index (Phi) is 5.98. The first-order chi connectivity index (χ1) is 11.0. The monoisotopic (exact) mass is 334 g/mol. The normalized spacial score (nSPS) is 10.7. The van der Waals surface area contributed by atoms with Crippen molar-refractivity contribution in [2.45, 2.75) is 26.2 Å². The van der Waals surface area contributed by atoms with Crippen LogP contribution in [0, 0.1) is 0 Å². The van der Waals surface area contributed by atoms with Crippen LogP contribution in [-0.4, -0.2) is 31.7 Å². The molecule has 0 bridgehead atoms. The Labute approximate surface area is 140 Å². The lowest BCUT2D eigenvalue weighted by Gasteiger charge is -2.09. The van der Waals surface area contributed by atoms with Crippen molar-refractivity contribution < 1.29 is 14.3 Å². The maximum Gasteiger partial charge on any atom is 0.251 e. The Morgan fingerprint density at radius 2 is 1.87 bits per heavy atom. The fourth-order valence-electron chi connectivity index (χ4n) is 2.05. The van der Waals surface area contributed by atoms with E-state index in [2.05, 4.69) is 29.5 Å². The highest BCUT2D eigenvalue weighted by Gasteiger charge is 2.10. The molecule has 0 aliphatic heterocycles. The molecule has 1 N–H and O–H groups in total. The summed E-state index contributed by atoms with van der Waals surface area (Å²) < 4.78 is 10.4. The number of benzene rings is 1. The molecule has 0 saturated heterocycles. The van der Waals surface area contributed by atoms with Crippen LogP contribution in [-0.2, 0) is 6.42 Å². The van der Waals surface area contributed by atoms with Gasteiger partial charge in [-0.15, -0.1) is 11.3 Å². The Bertz CT molecular complexity index is 645. The fraction of sp³-hybridized carbons (Fsp3) is 0.412. The molecule has 0 fully saturated rings. The highest BCUT2D eigenvalue weighted by atomic mass is 32.1. The number of carbonyl (C=O) groups is 1. The topological polar surface area (TPSA) is 60.5 Å². The van der Waals surface area contributed by atoms with Crippen LogP contribution in [0.1, 0.15) is 40.8 Å². The van der Waals surface area contributed by atoms with Crippen molar-refractivity contribution in [3.05, 3.63) is 39.8 Å². The zero-order valence-electron chi connectivity index (χ0n) is 13.9. The zero-order chi connectivity index (χ0) is 16.8. The minimum Gasteiger partial charge on any atom is -0.497 e. The van der Waals surface area contributed by atoms with Crippen molar-refractivity contribution in [3.8, 4) is 11.5 Å². The van der Waals surface area contributed by atoms with Gasteiger partial charge in [-0.05, 0) is 12.1 Å². The average Bonchev–Trinajstić information content (AvgIpc) is 3.03. The van der Waals surface area contributed by atoms with Crippen molar-refractivity contribution >= 4 is 17.2 Å². The van der Waals surface area contributed by atoms with E-state index in [4.69, 9.17) is 9.47 Å². The van der Waals surface area contributed by atoms with Gasteiger partial charge in [-0.1, -0.05) is 13.8 Å². The Morgan fingerprint density at radius 3 is 2.39 bits per heavy atom. The van der Waals surface area contributed by atoms with E-state index in [0.29, 0.717) is 29.5 Å². The predicted molar refractivity (Wildman–Crippen MR) is 91.8 cm³/mol. The van der Waals surface area contributed by atoms with Crippen LogP contribution in [0.25, 0.3) is 0 Å². The number of aromatic nitrogens is 1. The molecule has 0 aliphatic carbocycles. The van der Waals surface area contributed by atoms with Crippen molar-refractivity contribution in [3.63, 3.8) is 0 Å². The van der Waals surface area contributed by atoms with Crippen LogP contribution in [0.15, 0.2) is 23.6 Å². The number of ether oxygens (including phenoxy) is 2. The van der Waals surface area contributed by atoms with Crippen LogP contribution >= 0.6 is 11.3 Å². The summed E-state index contributed by atoms with van der Waals surface area (Å²) >= 11 is 1.67. The largest absolute Gasteiger partial charge is 0.497 e. The van der Waals surface area contributed by atoms with Crippen LogP contribution in [0.5, 0.6) is 11.5 Å². The van der Waals surface area contributed by atoms with Gasteiger partial charge in [0, 0.05) is 35.9 Å². The summed E-state index contributed by atoms with van der Waals surface area (Å²) in [5.74, 6) is 1.47. The number of nitrogens with zero attached hydrogens (tertiary/aromatic N) is 1. The molecule has 1 amide bonds. The molecule has 6 heteroatoms. The number of carbonyl (C=O) groups excluding carboxylic acids is 1. The Balaban J connectivity index is 1.94. The number of amides is 1. The maximum absolute atomic E-state index is 12.2. The Hall–Kier alpha value is -2.08. The number of hydrogen-bond acceptors (Lipinski definition) is 5. The minimum absolute atomic E-state index is 0.151. The third-order valence-corrected chi connectivity index (χ3v) is 4.54. The highest BCUT2D eigenvalue weighted by Crippen LogP contribution is 2.22. The van der Waals surface area contributed by atoms with Crippen molar-refractivity contribution in [2.75, 3.05) is 20.8 Å². The molecule has 5 nitrogen and oxygen atoms in total. The van der Waals surface area contributed by atoms with Crippen LogP contribution in [0.2, 0.25) is 0 Å². The van der Waals surface area contributed by atoms with E-state index in [9.17, 15) is 4.79 Å². The van der Waals surface area contributed by atoms with E-state index in [1.807, 2.05) is 0 Å². The first-order valence-electron chi connectivity index (χ1n) is 7.49. The van der Waals surface area contributed by atoms with Gasteiger partial charge in [0.15, 0.2) is 0 Å². The summed E-state index contributed by atoms with van der Waals surface area (Å²) in [5, 5.41) is 6.08. The molecule has 2 aromatic rings. The molecular formula is C17H22N2O3S. The molecule has 1 aromatic carbocycles. The average molecular weight is 334 g/mol. The van der Waals surface area contributed by atoms with E-state index in [1.165, 1.54) is 0 Å². The molecule has 1 heterocycles. The molecule has 1 aromatic heterocycles. The number of hydrogen-bond donors (Lipinski definition) is 1. The van der Waals surface area contributed by atoms with Crippen LogP contribution < -0.4 is 14.8 Å². The SMILES string of the molecule is COc1cc(OC)cc(C(=O)NCCc2csc(C(C)C)n2)c1. The zero-order valence-corrected chi connectivity index (χ0v) is 14.7. The lowest BCUT2D eigenvalue weighted by molar-refractivity contribution is 0.0953. The number of nitrogens with one attached hydrogen (secondary N) is 1. The van der Waals surface area contributed by atoms with Gasteiger partial charge in [-0.3, -0.25) is 4.79 Å². The van der Waals surface area contributed by atoms with E-state index in [1.54, 1.807) is 43.8 Å². The molecule has 0 saturated carbocycles. The van der Waals surface area contributed by atoms with Crippen molar-refractivity contribution in [2.24, 2.45) is 0 Å². The summed E-state index contributed by atoms with van der Waals surface area (Å²) in [6.07, 6.45) is 0.718. The van der Waals surface area contributed by atoms with Gasteiger partial charge in [0.2, 0.25) is 0 Å². The smallest absolute Gasteiger partial charge is 0.251 e. The molecule has 0 unspecified atom stereocenters. The summed E-state index contributed by atoms with van der Waals surface area (Å²) in [6.45, 7) is 4.79. The molecule has 2 rings (SSSR count). The number of thiazole rings is 1. The quantitative estimate of drug-likeness (QED) is 0.844. The lowest BCUT2D eigenvalue weighted by Crippen LogP contribution is -2.25.